The summed E-state index contributed by atoms with van der Waals surface area (Å²) in [7, 11) is 0. The van der Waals surface area contributed by atoms with E-state index in [9.17, 15) is 4.79 Å². The molecule has 5 nitrogen and oxygen atoms in total. The summed E-state index contributed by atoms with van der Waals surface area (Å²) in [5.74, 6) is 1.000. The molecular weight excluding hydrogens is 256 g/mol. The van der Waals surface area contributed by atoms with Crippen LogP contribution in [0.25, 0.3) is 0 Å². The van der Waals surface area contributed by atoms with Crippen LogP contribution in [-0.2, 0) is 16.1 Å². The van der Waals surface area contributed by atoms with E-state index in [4.69, 9.17) is 9.47 Å². The number of fused-ring (bicyclic) bond motifs is 1. The molecule has 2 aliphatic heterocycles. The Morgan fingerprint density at radius 1 is 1.35 bits per heavy atom. The highest BCUT2D eigenvalue weighted by Crippen LogP contribution is 2.22. The Morgan fingerprint density at radius 3 is 3.10 bits per heavy atom. The Balaban J connectivity index is 1.56. The van der Waals surface area contributed by atoms with E-state index < -0.39 is 0 Å². The van der Waals surface area contributed by atoms with Crippen LogP contribution in [-0.4, -0.2) is 49.8 Å². The molecule has 2 heterocycles. The maximum absolute atomic E-state index is 12.0. The van der Waals surface area contributed by atoms with Gasteiger partial charge in [0.25, 0.3) is 0 Å². The molecule has 3 rings (SSSR count). The van der Waals surface area contributed by atoms with Crippen molar-refractivity contribution in [3.8, 4) is 5.75 Å². The Labute approximate surface area is 118 Å². The first-order valence-electron chi connectivity index (χ1n) is 7.11. The van der Waals surface area contributed by atoms with E-state index >= 15 is 0 Å². The second kappa shape index (κ2) is 6.24. The van der Waals surface area contributed by atoms with E-state index in [0.29, 0.717) is 19.8 Å². The molecule has 2 aliphatic rings. The maximum Gasteiger partial charge on any atom is 0.234 e. The van der Waals surface area contributed by atoms with E-state index in [1.165, 1.54) is 0 Å². The standard InChI is InChI=1S/C15H20N2O3/c18-15(16-13-5-7-19-11-13)10-17-6-8-20-14-4-2-1-3-12(14)9-17/h1-4,13H,5-11H2,(H,16,18)/t13-/m1/s1. The highest BCUT2D eigenvalue weighted by molar-refractivity contribution is 5.78. The van der Waals surface area contributed by atoms with Crippen LogP contribution in [0.15, 0.2) is 24.3 Å². The normalized spacial score (nSPS) is 22.7. The van der Waals surface area contributed by atoms with Crippen LogP contribution in [0.3, 0.4) is 0 Å². The minimum atomic E-state index is 0.0693. The molecule has 108 valence electrons. The topological polar surface area (TPSA) is 50.8 Å². The lowest BCUT2D eigenvalue weighted by molar-refractivity contribution is -0.123. The predicted molar refractivity (Wildman–Crippen MR) is 74.6 cm³/mol. The van der Waals surface area contributed by atoms with Crippen molar-refractivity contribution in [2.75, 3.05) is 32.9 Å². The zero-order valence-corrected chi connectivity index (χ0v) is 11.5. The van der Waals surface area contributed by atoms with Gasteiger partial charge in [-0.25, -0.2) is 0 Å². The van der Waals surface area contributed by atoms with Crippen LogP contribution < -0.4 is 10.1 Å². The average Bonchev–Trinajstić information content (AvgIpc) is 2.85. The molecule has 0 bridgehead atoms. The first kappa shape index (κ1) is 13.4. The summed E-state index contributed by atoms with van der Waals surface area (Å²) in [5.41, 5.74) is 1.14. The van der Waals surface area contributed by atoms with Crippen LogP contribution >= 0.6 is 0 Å². The number of nitrogens with zero attached hydrogens (tertiary/aromatic N) is 1. The van der Waals surface area contributed by atoms with Crippen LogP contribution in [0.1, 0.15) is 12.0 Å². The van der Waals surface area contributed by atoms with Gasteiger partial charge in [0.2, 0.25) is 5.91 Å². The molecule has 1 aromatic carbocycles. The molecule has 5 heteroatoms. The Kier molecular flexibility index (Phi) is 4.18. The molecule has 0 spiro atoms. The van der Waals surface area contributed by atoms with Gasteiger partial charge in [-0.3, -0.25) is 9.69 Å². The van der Waals surface area contributed by atoms with Gasteiger partial charge in [-0.2, -0.15) is 0 Å². The second-order valence-corrected chi connectivity index (χ2v) is 5.29. The summed E-state index contributed by atoms with van der Waals surface area (Å²) in [6, 6.07) is 8.19. The lowest BCUT2D eigenvalue weighted by Gasteiger charge is -2.20. The molecule has 1 fully saturated rings. The fourth-order valence-corrected chi connectivity index (χ4v) is 2.64. The van der Waals surface area contributed by atoms with Crippen LogP contribution in [0.2, 0.25) is 0 Å². The summed E-state index contributed by atoms with van der Waals surface area (Å²) < 4.78 is 11.0. The second-order valence-electron chi connectivity index (χ2n) is 5.29. The van der Waals surface area contributed by atoms with Gasteiger partial charge >= 0.3 is 0 Å². The van der Waals surface area contributed by atoms with Crippen molar-refractivity contribution in [2.24, 2.45) is 0 Å². The minimum Gasteiger partial charge on any atom is -0.492 e. The van der Waals surface area contributed by atoms with Crippen molar-refractivity contribution < 1.29 is 14.3 Å². The van der Waals surface area contributed by atoms with Gasteiger partial charge in [-0.05, 0) is 12.5 Å². The quantitative estimate of drug-likeness (QED) is 0.886. The number of ether oxygens (including phenoxy) is 2. The van der Waals surface area contributed by atoms with Crippen molar-refractivity contribution in [3.63, 3.8) is 0 Å². The lowest BCUT2D eigenvalue weighted by atomic mass is 10.2. The van der Waals surface area contributed by atoms with Gasteiger partial charge in [0.05, 0.1) is 19.2 Å². The molecule has 0 radical (unpaired) electrons. The zero-order chi connectivity index (χ0) is 13.8. The van der Waals surface area contributed by atoms with E-state index in [1.807, 2.05) is 18.2 Å². The molecule has 0 aromatic heterocycles. The van der Waals surface area contributed by atoms with Crippen molar-refractivity contribution in [2.45, 2.75) is 19.0 Å². The molecule has 0 saturated carbocycles. The highest BCUT2D eigenvalue weighted by Gasteiger charge is 2.21. The third-order valence-electron chi connectivity index (χ3n) is 3.69. The molecule has 0 unspecified atom stereocenters. The summed E-state index contributed by atoms with van der Waals surface area (Å²) in [4.78, 5) is 14.2. The van der Waals surface area contributed by atoms with Crippen LogP contribution in [0.4, 0.5) is 0 Å². The predicted octanol–water partition coefficient (Wildman–Crippen LogP) is 0.786. The van der Waals surface area contributed by atoms with E-state index in [0.717, 1.165) is 37.4 Å². The highest BCUT2D eigenvalue weighted by atomic mass is 16.5. The van der Waals surface area contributed by atoms with Gasteiger partial charge in [0, 0.05) is 25.3 Å². The number of carbonyl (C=O) groups excluding carboxylic acids is 1. The lowest BCUT2D eigenvalue weighted by Crippen LogP contribution is -2.42. The van der Waals surface area contributed by atoms with Gasteiger partial charge in [-0.1, -0.05) is 18.2 Å². The monoisotopic (exact) mass is 276 g/mol. The van der Waals surface area contributed by atoms with Gasteiger partial charge < -0.3 is 14.8 Å². The molecule has 1 atom stereocenters. The third-order valence-corrected chi connectivity index (χ3v) is 3.69. The first-order chi connectivity index (χ1) is 9.81. The molecule has 1 N–H and O–H groups in total. The smallest absolute Gasteiger partial charge is 0.234 e. The van der Waals surface area contributed by atoms with Crippen molar-refractivity contribution in [3.05, 3.63) is 29.8 Å². The maximum atomic E-state index is 12.0. The number of rotatable bonds is 3. The van der Waals surface area contributed by atoms with Crippen molar-refractivity contribution >= 4 is 5.91 Å². The van der Waals surface area contributed by atoms with Crippen LogP contribution in [0.5, 0.6) is 5.75 Å². The SMILES string of the molecule is O=C(CN1CCOc2ccccc2C1)N[C@@H]1CCOC1. The number of amides is 1. The van der Waals surface area contributed by atoms with Crippen LogP contribution in [0, 0.1) is 0 Å². The molecule has 1 amide bonds. The number of para-hydroxylation sites is 1. The van der Waals surface area contributed by atoms with E-state index in [1.54, 1.807) is 0 Å². The fourth-order valence-electron chi connectivity index (χ4n) is 2.64. The Morgan fingerprint density at radius 2 is 2.25 bits per heavy atom. The number of hydrogen-bond acceptors (Lipinski definition) is 4. The van der Waals surface area contributed by atoms with Crippen molar-refractivity contribution in [1.29, 1.82) is 0 Å². The summed E-state index contributed by atoms with van der Waals surface area (Å²) in [5, 5.41) is 3.02. The molecular formula is C15H20N2O3. The molecule has 0 aliphatic carbocycles. The van der Waals surface area contributed by atoms with Crippen molar-refractivity contribution in [1.82, 2.24) is 10.2 Å². The summed E-state index contributed by atoms with van der Waals surface area (Å²) in [6.07, 6.45) is 0.914. The fraction of sp³-hybridized carbons (Fsp3) is 0.533. The van der Waals surface area contributed by atoms with Gasteiger partial charge in [0.15, 0.2) is 0 Å². The van der Waals surface area contributed by atoms with Gasteiger partial charge in [-0.15, -0.1) is 0 Å². The van der Waals surface area contributed by atoms with Gasteiger partial charge in [0.1, 0.15) is 12.4 Å². The Bertz CT molecular complexity index is 472. The number of hydrogen-bond donors (Lipinski definition) is 1. The summed E-state index contributed by atoms with van der Waals surface area (Å²) in [6.45, 7) is 3.94. The molecule has 20 heavy (non-hydrogen) atoms. The first-order valence-corrected chi connectivity index (χ1v) is 7.11. The Hall–Kier alpha value is -1.59. The van der Waals surface area contributed by atoms with E-state index in [-0.39, 0.29) is 11.9 Å². The largest absolute Gasteiger partial charge is 0.492 e. The van der Waals surface area contributed by atoms with E-state index in [2.05, 4.69) is 16.3 Å². The molecule has 1 saturated heterocycles. The zero-order valence-electron chi connectivity index (χ0n) is 11.5. The summed E-state index contributed by atoms with van der Waals surface area (Å²) >= 11 is 0. The number of nitrogens with one attached hydrogen (secondary N) is 1. The number of benzene rings is 1. The minimum absolute atomic E-state index is 0.0693. The molecule has 1 aromatic rings. The average molecular weight is 276 g/mol. The number of carbonyl (C=O) groups is 1. The third kappa shape index (κ3) is 3.29.